The minimum Gasteiger partial charge on any atom is -0.376 e. The standard InChI is InChI=1S/C26H36N6O2/c1-3-24(25-28-29-30-32(25)17-22-10-7-13-34-22)31(21-8-5-4-6-9-21)16-20-15-19-14-18(2)11-12-23(19)27-26(20)33/h11-12,14-15,21-22,24H,3-10,13,16-17H2,1-2H3,(H,27,33)/t22-,24-/m0/s1. The molecule has 2 fully saturated rings. The smallest absolute Gasteiger partial charge is 0.252 e. The van der Waals surface area contributed by atoms with Crippen molar-refractivity contribution in [3.05, 3.63) is 51.6 Å². The van der Waals surface area contributed by atoms with Crippen LogP contribution in [0.15, 0.2) is 29.1 Å². The van der Waals surface area contributed by atoms with Gasteiger partial charge < -0.3 is 9.72 Å². The van der Waals surface area contributed by atoms with Crippen molar-refractivity contribution in [1.29, 1.82) is 0 Å². The zero-order valence-corrected chi connectivity index (χ0v) is 20.4. The molecule has 8 heteroatoms. The van der Waals surface area contributed by atoms with Crippen LogP contribution in [0.1, 0.15) is 81.3 Å². The summed E-state index contributed by atoms with van der Waals surface area (Å²) in [6, 6.07) is 8.69. The van der Waals surface area contributed by atoms with E-state index in [4.69, 9.17) is 4.74 Å². The molecule has 0 amide bonds. The monoisotopic (exact) mass is 464 g/mol. The molecule has 1 aromatic carbocycles. The molecule has 0 bridgehead atoms. The first-order chi connectivity index (χ1) is 16.6. The van der Waals surface area contributed by atoms with Gasteiger partial charge >= 0.3 is 0 Å². The molecule has 2 aromatic heterocycles. The largest absolute Gasteiger partial charge is 0.376 e. The Morgan fingerprint density at radius 3 is 2.79 bits per heavy atom. The lowest BCUT2D eigenvalue weighted by molar-refractivity contribution is 0.0734. The first kappa shape index (κ1) is 23.2. The van der Waals surface area contributed by atoms with Crippen molar-refractivity contribution in [3.8, 4) is 0 Å². The van der Waals surface area contributed by atoms with Gasteiger partial charge in [0.05, 0.1) is 18.7 Å². The number of hydrogen-bond acceptors (Lipinski definition) is 6. The average molecular weight is 465 g/mol. The van der Waals surface area contributed by atoms with E-state index in [2.05, 4.69) is 51.4 Å². The lowest BCUT2D eigenvalue weighted by atomic mass is 9.92. The molecular formula is C26H36N6O2. The number of H-pyrrole nitrogens is 1. The van der Waals surface area contributed by atoms with Gasteiger partial charge in [-0.25, -0.2) is 4.68 Å². The Kier molecular flexibility index (Phi) is 7.06. The predicted molar refractivity (Wildman–Crippen MR) is 132 cm³/mol. The summed E-state index contributed by atoms with van der Waals surface area (Å²) >= 11 is 0. The van der Waals surface area contributed by atoms with Gasteiger partial charge in [-0.2, -0.15) is 0 Å². The topological polar surface area (TPSA) is 88.9 Å². The zero-order chi connectivity index (χ0) is 23.5. The quantitative estimate of drug-likeness (QED) is 0.535. The Hall–Kier alpha value is -2.58. The van der Waals surface area contributed by atoms with E-state index in [9.17, 15) is 4.79 Å². The van der Waals surface area contributed by atoms with Gasteiger partial charge in [-0.15, -0.1) is 5.10 Å². The molecule has 0 spiro atoms. The number of tetrazole rings is 1. The summed E-state index contributed by atoms with van der Waals surface area (Å²) in [7, 11) is 0. The van der Waals surface area contributed by atoms with Crippen molar-refractivity contribution in [2.24, 2.45) is 0 Å². The number of aryl methyl sites for hydroxylation is 1. The van der Waals surface area contributed by atoms with Crippen molar-refractivity contribution in [1.82, 2.24) is 30.1 Å². The van der Waals surface area contributed by atoms with Gasteiger partial charge in [-0.1, -0.05) is 37.8 Å². The van der Waals surface area contributed by atoms with Crippen LogP contribution in [0.2, 0.25) is 0 Å². The molecule has 8 nitrogen and oxygen atoms in total. The summed E-state index contributed by atoms with van der Waals surface area (Å²) in [5, 5.41) is 13.9. The lowest BCUT2D eigenvalue weighted by Gasteiger charge is -2.39. The van der Waals surface area contributed by atoms with E-state index in [1.54, 1.807) is 0 Å². The van der Waals surface area contributed by atoms with Gasteiger partial charge in [0.2, 0.25) is 0 Å². The van der Waals surface area contributed by atoms with E-state index in [1.165, 1.54) is 24.8 Å². The molecule has 1 aliphatic heterocycles. The molecular weight excluding hydrogens is 428 g/mol. The number of pyridine rings is 1. The summed E-state index contributed by atoms with van der Waals surface area (Å²) in [6.45, 7) is 6.37. The maximum absolute atomic E-state index is 13.1. The lowest BCUT2D eigenvalue weighted by Crippen LogP contribution is -2.41. The third kappa shape index (κ3) is 4.93. The average Bonchev–Trinajstić information content (AvgIpc) is 3.53. The molecule has 3 heterocycles. The fourth-order valence-corrected chi connectivity index (χ4v) is 5.72. The van der Waals surface area contributed by atoms with Crippen LogP contribution in [-0.2, 0) is 17.8 Å². The number of hydrogen-bond donors (Lipinski definition) is 1. The second kappa shape index (κ2) is 10.4. The Bertz CT molecular complexity index is 1160. The molecule has 182 valence electrons. The highest BCUT2D eigenvalue weighted by molar-refractivity contribution is 5.79. The van der Waals surface area contributed by atoms with Gasteiger partial charge in [-0.3, -0.25) is 9.69 Å². The molecule has 1 aliphatic carbocycles. The molecule has 1 saturated heterocycles. The van der Waals surface area contributed by atoms with Crippen LogP contribution in [0, 0.1) is 6.92 Å². The van der Waals surface area contributed by atoms with Crippen molar-refractivity contribution in [2.75, 3.05) is 6.61 Å². The number of rotatable bonds is 8. The van der Waals surface area contributed by atoms with E-state index in [-0.39, 0.29) is 17.7 Å². The number of benzene rings is 1. The van der Waals surface area contributed by atoms with Crippen molar-refractivity contribution >= 4 is 10.9 Å². The third-order valence-electron chi connectivity index (χ3n) is 7.52. The van der Waals surface area contributed by atoms with Crippen molar-refractivity contribution in [3.63, 3.8) is 0 Å². The van der Waals surface area contributed by atoms with Crippen LogP contribution in [0.3, 0.4) is 0 Å². The number of aromatic nitrogens is 5. The highest BCUT2D eigenvalue weighted by Crippen LogP contribution is 2.33. The van der Waals surface area contributed by atoms with Crippen LogP contribution in [0.5, 0.6) is 0 Å². The van der Waals surface area contributed by atoms with E-state index in [1.807, 2.05) is 16.8 Å². The Balaban J connectivity index is 1.48. The minimum absolute atomic E-state index is 0.00837. The second-order valence-corrected chi connectivity index (χ2v) is 9.96. The molecule has 0 unspecified atom stereocenters. The number of aromatic amines is 1. The molecule has 0 radical (unpaired) electrons. The van der Waals surface area contributed by atoms with E-state index in [0.29, 0.717) is 19.1 Å². The maximum atomic E-state index is 13.1. The Labute approximate surface area is 200 Å². The summed E-state index contributed by atoms with van der Waals surface area (Å²) in [5.74, 6) is 0.886. The molecule has 2 atom stereocenters. The molecule has 34 heavy (non-hydrogen) atoms. The second-order valence-electron chi connectivity index (χ2n) is 9.96. The summed E-state index contributed by atoms with van der Waals surface area (Å²) in [6.07, 6.45) is 9.24. The van der Waals surface area contributed by atoms with Gasteiger partial charge in [0.15, 0.2) is 5.82 Å². The van der Waals surface area contributed by atoms with E-state index in [0.717, 1.165) is 61.0 Å². The predicted octanol–water partition coefficient (Wildman–Crippen LogP) is 4.29. The van der Waals surface area contributed by atoms with Gasteiger partial charge in [0, 0.05) is 30.3 Å². The van der Waals surface area contributed by atoms with E-state index < -0.39 is 0 Å². The Morgan fingerprint density at radius 1 is 1.18 bits per heavy atom. The van der Waals surface area contributed by atoms with Gasteiger partial charge in [-0.05, 0) is 73.0 Å². The van der Waals surface area contributed by atoms with Gasteiger partial charge in [0.25, 0.3) is 5.56 Å². The summed E-state index contributed by atoms with van der Waals surface area (Å²) in [4.78, 5) is 18.7. The van der Waals surface area contributed by atoms with E-state index >= 15 is 0 Å². The summed E-state index contributed by atoms with van der Waals surface area (Å²) < 4.78 is 7.80. The first-order valence-electron chi connectivity index (χ1n) is 12.9. The molecule has 2 aliphatic rings. The Morgan fingerprint density at radius 2 is 2.03 bits per heavy atom. The zero-order valence-electron chi connectivity index (χ0n) is 20.4. The van der Waals surface area contributed by atoms with Crippen LogP contribution in [-0.4, -0.2) is 48.8 Å². The van der Waals surface area contributed by atoms with Crippen LogP contribution in [0.25, 0.3) is 10.9 Å². The minimum atomic E-state index is -0.00837. The number of fused-ring (bicyclic) bond motifs is 1. The molecule has 1 N–H and O–H groups in total. The highest BCUT2D eigenvalue weighted by Gasteiger charge is 2.32. The number of ether oxygens (including phenoxy) is 1. The van der Waals surface area contributed by atoms with Gasteiger partial charge in [0.1, 0.15) is 0 Å². The molecule has 1 saturated carbocycles. The fourth-order valence-electron chi connectivity index (χ4n) is 5.72. The van der Waals surface area contributed by atoms with Crippen molar-refractivity contribution < 1.29 is 4.74 Å². The maximum Gasteiger partial charge on any atom is 0.252 e. The van der Waals surface area contributed by atoms with Crippen molar-refractivity contribution in [2.45, 2.75) is 96.5 Å². The third-order valence-corrected chi connectivity index (χ3v) is 7.52. The van der Waals surface area contributed by atoms with Crippen LogP contribution < -0.4 is 5.56 Å². The highest BCUT2D eigenvalue weighted by atomic mass is 16.5. The first-order valence-corrected chi connectivity index (χ1v) is 12.9. The molecule has 3 aromatic rings. The number of nitrogens with zero attached hydrogens (tertiary/aromatic N) is 5. The van der Waals surface area contributed by atoms with Crippen LogP contribution >= 0.6 is 0 Å². The molecule has 5 rings (SSSR count). The van der Waals surface area contributed by atoms with Crippen LogP contribution in [0.4, 0.5) is 0 Å². The fraction of sp³-hybridized carbons (Fsp3) is 0.615. The number of nitrogens with one attached hydrogen (secondary N) is 1. The summed E-state index contributed by atoms with van der Waals surface area (Å²) in [5.41, 5.74) is 2.87. The normalized spacial score (nSPS) is 20.4. The SMILES string of the molecule is CC[C@@H](c1nnnn1C[C@@H]1CCCO1)N(Cc1cc2cc(C)ccc2[nH]c1=O)C1CCCCC1.